The molecule has 0 bridgehead atoms. The van der Waals surface area contributed by atoms with Crippen LogP contribution in [0.3, 0.4) is 0 Å². The first-order chi connectivity index (χ1) is 18.3. The van der Waals surface area contributed by atoms with E-state index in [0.717, 1.165) is 10.5 Å². The van der Waals surface area contributed by atoms with Crippen molar-refractivity contribution in [2.45, 2.75) is 27.0 Å². The van der Waals surface area contributed by atoms with E-state index in [1.54, 1.807) is 43.3 Å². The number of ether oxygens (including phenoxy) is 2. The molecule has 1 aliphatic heterocycles. The van der Waals surface area contributed by atoms with Crippen molar-refractivity contribution >= 4 is 29.5 Å². The Kier molecular flexibility index (Phi) is 8.25. The lowest BCUT2D eigenvalue weighted by Crippen LogP contribution is -2.42. The van der Waals surface area contributed by atoms with Crippen molar-refractivity contribution < 1.29 is 23.5 Å². The Morgan fingerprint density at radius 2 is 1.63 bits per heavy atom. The second kappa shape index (κ2) is 11.8. The van der Waals surface area contributed by atoms with Crippen molar-refractivity contribution in [1.82, 2.24) is 4.90 Å². The molecule has 0 N–H and O–H groups in total. The highest BCUT2D eigenvalue weighted by Crippen LogP contribution is 2.33. The minimum absolute atomic E-state index is 0.0879. The molecule has 0 atom stereocenters. The van der Waals surface area contributed by atoms with Gasteiger partial charge in [-0.1, -0.05) is 41.9 Å². The Labute approximate surface area is 225 Å². The van der Waals surface area contributed by atoms with Gasteiger partial charge in [-0.25, -0.2) is 4.39 Å². The molecule has 0 saturated carbocycles. The fourth-order valence-corrected chi connectivity index (χ4v) is 4.08. The average Bonchev–Trinajstić information content (AvgIpc) is 2.91. The van der Waals surface area contributed by atoms with Crippen LogP contribution in [0.2, 0.25) is 5.02 Å². The number of rotatable bonds is 8. The largest absolute Gasteiger partial charge is 0.490 e. The third-order valence-electron chi connectivity index (χ3n) is 5.97. The molecule has 0 radical (unpaired) electrons. The Morgan fingerprint density at radius 3 is 2.29 bits per heavy atom. The van der Waals surface area contributed by atoms with E-state index in [4.69, 9.17) is 21.1 Å². The van der Waals surface area contributed by atoms with Gasteiger partial charge in [-0.15, -0.1) is 0 Å². The number of hydrogen-bond donors (Lipinski definition) is 0. The maximum atomic E-state index is 13.4. The van der Waals surface area contributed by atoms with Crippen molar-refractivity contribution in [3.63, 3.8) is 0 Å². The summed E-state index contributed by atoms with van der Waals surface area (Å²) in [4.78, 5) is 27.3. The number of nitriles is 1. The zero-order valence-electron chi connectivity index (χ0n) is 20.8. The molecule has 0 fully saturated rings. The van der Waals surface area contributed by atoms with Crippen LogP contribution < -0.4 is 9.47 Å². The number of imide groups is 1. The smallest absolute Gasteiger partial charge is 0.271 e. The van der Waals surface area contributed by atoms with Crippen molar-refractivity contribution in [2.24, 2.45) is 0 Å². The highest BCUT2D eigenvalue weighted by Gasteiger charge is 2.35. The molecular weight excluding hydrogens is 507 g/mol. The highest BCUT2D eigenvalue weighted by molar-refractivity contribution is 6.30. The molecule has 2 amide bonds. The van der Waals surface area contributed by atoms with Crippen LogP contribution in [0.1, 0.15) is 30.5 Å². The molecule has 3 aromatic carbocycles. The van der Waals surface area contributed by atoms with Crippen LogP contribution >= 0.6 is 11.6 Å². The Hall–Kier alpha value is -4.41. The quantitative estimate of drug-likeness (QED) is 0.254. The fourth-order valence-electron chi connectivity index (χ4n) is 3.96. The number of amides is 2. The van der Waals surface area contributed by atoms with Crippen LogP contribution in [0.4, 0.5) is 4.39 Å². The highest BCUT2D eigenvalue weighted by atomic mass is 35.5. The number of benzene rings is 3. The molecule has 0 aliphatic carbocycles. The van der Waals surface area contributed by atoms with Crippen LogP contribution in [0, 0.1) is 17.1 Å². The lowest BCUT2D eigenvalue weighted by atomic mass is 9.93. The minimum atomic E-state index is -0.683. The van der Waals surface area contributed by atoms with E-state index < -0.39 is 17.6 Å². The normalized spacial score (nSPS) is 14.6. The van der Waals surface area contributed by atoms with Gasteiger partial charge < -0.3 is 9.47 Å². The maximum Gasteiger partial charge on any atom is 0.271 e. The van der Waals surface area contributed by atoms with Crippen molar-refractivity contribution in [1.29, 1.82) is 5.26 Å². The zero-order chi connectivity index (χ0) is 27.2. The van der Waals surface area contributed by atoms with E-state index in [1.807, 2.05) is 25.1 Å². The van der Waals surface area contributed by atoms with Crippen LogP contribution in [0.25, 0.3) is 6.08 Å². The molecule has 38 heavy (non-hydrogen) atoms. The first kappa shape index (κ1) is 26.6. The molecule has 0 unspecified atom stereocenters. The number of halogens is 2. The standard InChI is InChI=1S/C30H24ClFN2O4/c1-3-37-28-15-22(8-13-27(28)38-18-21-4-9-23(31)10-5-21)14-25-19(2)26(16-33)30(36)34(29(25)35)17-20-6-11-24(32)12-7-20/h4-15H,3,17-18H2,1-2H3/b25-14+. The maximum absolute atomic E-state index is 13.4. The number of carbonyl (C=O) groups is 2. The van der Waals surface area contributed by atoms with Crippen LogP contribution in [0.15, 0.2) is 83.4 Å². The van der Waals surface area contributed by atoms with Gasteiger partial charge in [-0.3, -0.25) is 14.5 Å². The minimum Gasteiger partial charge on any atom is -0.490 e. The SMILES string of the molecule is CCOc1cc(/C=C2/C(=O)N(Cc3ccc(F)cc3)C(=O)C(C#N)=C2C)ccc1OCc1ccc(Cl)cc1. The summed E-state index contributed by atoms with van der Waals surface area (Å²) >= 11 is 5.95. The first-order valence-corrected chi connectivity index (χ1v) is 12.3. The molecule has 6 nitrogen and oxygen atoms in total. The van der Waals surface area contributed by atoms with Gasteiger partial charge >= 0.3 is 0 Å². The zero-order valence-corrected chi connectivity index (χ0v) is 21.6. The van der Waals surface area contributed by atoms with Gasteiger partial charge in [-0.2, -0.15) is 5.26 Å². The summed E-state index contributed by atoms with van der Waals surface area (Å²) in [6, 6.07) is 20.0. The molecule has 3 aromatic rings. The lowest BCUT2D eigenvalue weighted by Gasteiger charge is -2.27. The molecule has 8 heteroatoms. The summed E-state index contributed by atoms with van der Waals surface area (Å²) in [5.41, 5.74) is 2.50. The van der Waals surface area contributed by atoms with Crippen LogP contribution in [-0.4, -0.2) is 23.3 Å². The van der Waals surface area contributed by atoms with E-state index >= 15 is 0 Å². The van der Waals surface area contributed by atoms with E-state index in [9.17, 15) is 19.2 Å². The van der Waals surface area contributed by atoms with Gasteiger partial charge in [0.15, 0.2) is 11.5 Å². The number of hydrogen-bond acceptors (Lipinski definition) is 5. The Bertz CT molecular complexity index is 1470. The lowest BCUT2D eigenvalue weighted by molar-refractivity contribution is -0.141. The van der Waals surface area contributed by atoms with Gasteiger partial charge in [-0.05, 0) is 78.6 Å². The second-order valence-corrected chi connectivity index (χ2v) is 8.98. The molecule has 4 rings (SSSR count). The van der Waals surface area contributed by atoms with E-state index in [-0.39, 0.29) is 17.7 Å². The van der Waals surface area contributed by atoms with Crippen molar-refractivity contribution in [2.75, 3.05) is 6.61 Å². The van der Waals surface area contributed by atoms with Gasteiger partial charge in [0.25, 0.3) is 11.8 Å². The third-order valence-corrected chi connectivity index (χ3v) is 6.22. The number of carbonyl (C=O) groups excluding carboxylic acids is 2. The third kappa shape index (κ3) is 5.93. The fraction of sp³-hybridized carbons (Fsp3) is 0.167. The molecule has 0 saturated heterocycles. The molecule has 1 aliphatic rings. The predicted molar refractivity (Wildman–Crippen MR) is 142 cm³/mol. The van der Waals surface area contributed by atoms with Gasteiger partial charge in [0, 0.05) is 10.6 Å². The topological polar surface area (TPSA) is 79.6 Å². The summed E-state index contributed by atoms with van der Waals surface area (Å²) in [6.07, 6.45) is 1.62. The molecule has 0 spiro atoms. The van der Waals surface area contributed by atoms with Crippen molar-refractivity contribution in [3.8, 4) is 17.6 Å². The van der Waals surface area contributed by atoms with Gasteiger partial charge in [0.1, 0.15) is 24.1 Å². The average molecular weight is 531 g/mol. The van der Waals surface area contributed by atoms with Crippen molar-refractivity contribution in [3.05, 3.63) is 111 Å². The Morgan fingerprint density at radius 1 is 0.947 bits per heavy atom. The molecule has 1 heterocycles. The summed E-state index contributed by atoms with van der Waals surface area (Å²) in [6.45, 7) is 4.04. The van der Waals surface area contributed by atoms with Gasteiger partial charge in [0.2, 0.25) is 0 Å². The summed E-state index contributed by atoms with van der Waals surface area (Å²) < 4.78 is 25.1. The first-order valence-electron chi connectivity index (χ1n) is 11.9. The summed E-state index contributed by atoms with van der Waals surface area (Å²) in [5.74, 6) is -0.642. The van der Waals surface area contributed by atoms with E-state index in [2.05, 4.69) is 0 Å². The van der Waals surface area contributed by atoms with E-state index in [0.29, 0.717) is 46.4 Å². The second-order valence-electron chi connectivity index (χ2n) is 8.55. The summed E-state index contributed by atoms with van der Waals surface area (Å²) in [7, 11) is 0. The monoisotopic (exact) mass is 530 g/mol. The van der Waals surface area contributed by atoms with Gasteiger partial charge in [0.05, 0.1) is 13.2 Å². The molecular formula is C30H24ClFN2O4. The van der Waals surface area contributed by atoms with E-state index in [1.165, 1.54) is 24.3 Å². The summed E-state index contributed by atoms with van der Waals surface area (Å²) in [5, 5.41) is 10.3. The predicted octanol–water partition coefficient (Wildman–Crippen LogP) is 6.25. The Balaban J connectivity index is 1.64. The van der Waals surface area contributed by atoms with Crippen LogP contribution in [0.5, 0.6) is 11.5 Å². The number of nitrogens with zero attached hydrogens (tertiary/aromatic N) is 2. The van der Waals surface area contributed by atoms with Crippen LogP contribution in [-0.2, 0) is 22.7 Å². The molecule has 192 valence electrons. The molecule has 0 aromatic heterocycles.